The molecule has 0 aliphatic rings. The molecule has 0 atom stereocenters. The van der Waals surface area contributed by atoms with Gasteiger partial charge in [0.1, 0.15) is 6.61 Å². The lowest BCUT2D eigenvalue weighted by molar-refractivity contribution is -0.176. The summed E-state index contributed by atoms with van der Waals surface area (Å²) in [5.74, 6) is -0.555. The minimum Gasteiger partial charge on any atom is -0.367 e. The van der Waals surface area contributed by atoms with Crippen molar-refractivity contribution < 1.29 is 35.9 Å². The first kappa shape index (κ1) is 25.5. The van der Waals surface area contributed by atoms with Crippen molar-refractivity contribution in [3.8, 4) is 0 Å². The van der Waals surface area contributed by atoms with E-state index in [1.54, 1.807) is 24.3 Å². The number of carbonyl (C=O) groups excluding carboxylic acids is 2. The van der Waals surface area contributed by atoms with Crippen LogP contribution in [0.5, 0.6) is 0 Å². The van der Waals surface area contributed by atoms with Crippen LogP contribution in [0.2, 0.25) is 0 Å². The summed E-state index contributed by atoms with van der Waals surface area (Å²) >= 11 is 0. The molecule has 0 aromatic heterocycles. The Hall–Kier alpha value is -2.76. The summed E-state index contributed by atoms with van der Waals surface area (Å²) in [6.07, 6.45) is -4.47. The third kappa shape index (κ3) is 8.77. The van der Waals surface area contributed by atoms with Gasteiger partial charge < -0.3 is 10.1 Å². The quantitative estimate of drug-likeness (QED) is 0.490. The molecule has 174 valence electrons. The first-order valence-corrected chi connectivity index (χ1v) is 11.0. The Bertz CT molecular complexity index is 1020. The largest absolute Gasteiger partial charge is 0.411 e. The smallest absolute Gasteiger partial charge is 0.367 e. The van der Waals surface area contributed by atoms with E-state index in [9.17, 15) is 31.2 Å². The van der Waals surface area contributed by atoms with Gasteiger partial charge in [-0.3, -0.25) is 9.59 Å². The Morgan fingerprint density at radius 1 is 0.969 bits per heavy atom. The molecule has 0 spiro atoms. The Balaban J connectivity index is 1.73. The van der Waals surface area contributed by atoms with Gasteiger partial charge in [0.05, 0.1) is 11.5 Å². The molecule has 0 fully saturated rings. The van der Waals surface area contributed by atoms with Gasteiger partial charge >= 0.3 is 6.18 Å². The fraction of sp³-hybridized carbons (Fsp3) is 0.333. The Morgan fingerprint density at radius 3 is 2.12 bits per heavy atom. The predicted octanol–water partition coefficient (Wildman–Crippen LogP) is 2.95. The van der Waals surface area contributed by atoms with Crippen LogP contribution in [0.15, 0.2) is 53.4 Å². The summed E-state index contributed by atoms with van der Waals surface area (Å²) in [7, 11) is -3.81. The lowest BCUT2D eigenvalue weighted by Crippen LogP contribution is -2.30. The summed E-state index contributed by atoms with van der Waals surface area (Å²) in [6.45, 7) is -0.0518. The lowest BCUT2D eigenvalue weighted by Gasteiger charge is -2.09. The number of benzene rings is 2. The molecule has 2 aromatic rings. The number of Topliss-reactive ketones (excluding diaryl/α,β-unsaturated/α-hetero) is 1. The number of carbonyl (C=O) groups is 2. The van der Waals surface area contributed by atoms with Crippen LogP contribution >= 0.6 is 0 Å². The molecule has 1 amide bonds. The number of ether oxygens (including phenoxy) is 1. The Labute approximate surface area is 184 Å². The highest BCUT2D eigenvalue weighted by molar-refractivity contribution is 7.89. The van der Waals surface area contributed by atoms with Gasteiger partial charge in [0.2, 0.25) is 15.9 Å². The summed E-state index contributed by atoms with van der Waals surface area (Å²) in [6, 6.07) is 12.0. The van der Waals surface area contributed by atoms with Crippen LogP contribution in [0.1, 0.15) is 34.8 Å². The van der Waals surface area contributed by atoms with Crippen LogP contribution in [0.3, 0.4) is 0 Å². The lowest BCUT2D eigenvalue weighted by atomic mass is 10.1. The van der Waals surface area contributed by atoms with Gasteiger partial charge in [-0.25, -0.2) is 13.1 Å². The zero-order valence-electron chi connectivity index (χ0n) is 17.2. The van der Waals surface area contributed by atoms with E-state index in [0.717, 1.165) is 5.56 Å². The van der Waals surface area contributed by atoms with E-state index in [-0.39, 0.29) is 42.7 Å². The number of halogens is 3. The van der Waals surface area contributed by atoms with E-state index in [1.807, 2.05) is 0 Å². The van der Waals surface area contributed by atoms with Crippen molar-refractivity contribution in [3.63, 3.8) is 0 Å². The monoisotopic (exact) mass is 472 g/mol. The second-order valence-corrected chi connectivity index (χ2v) is 8.70. The van der Waals surface area contributed by atoms with Crippen molar-refractivity contribution in [2.75, 3.05) is 13.2 Å². The van der Waals surface area contributed by atoms with Crippen LogP contribution in [-0.4, -0.2) is 39.4 Å². The van der Waals surface area contributed by atoms with Crippen LogP contribution < -0.4 is 10.0 Å². The topological polar surface area (TPSA) is 102 Å². The normalized spacial score (nSPS) is 11.9. The van der Waals surface area contributed by atoms with Gasteiger partial charge in [-0.2, -0.15) is 13.2 Å². The van der Waals surface area contributed by atoms with E-state index in [1.165, 1.54) is 31.2 Å². The van der Waals surface area contributed by atoms with Gasteiger partial charge in [0.25, 0.3) is 0 Å². The average molecular weight is 472 g/mol. The van der Waals surface area contributed by atoms with Crippen molar-refractivity contribution >= 4 is 21.7 Å². The maximum atomic E-state index is 12.2. The van der Waals surface area contributed by atoms with E-state index >= 15 is 0 Å². The summed E-state index contributed by atoms with van der Waals surface area (Å²) in [4.78, 5) is 23.2. The molecule has 0 bridgehead atoms. The van der Waals surface area contributed by atoms with Crippen LogP contribution in [0.4, 0.5) is 13.2 Å². The minimum atomic E-state index is -4.38. The van der Waals surface area contributed by atoms with Crippen molar-refractivity contribution in [2.45, 2.75) is 37.6 Å². The number of rotatable bonds is 11. The fourth-order valence-corrected chi connectivity index (χ4v) is 3.61. The molecule has 0 aliphatic heterocycles. The number of amides is 1. The molecular weight excluding hydrogens is 449 g/mol. The fourth-order valence-electron chi connectivity index (χ4n) is 2.58. The molecule has 0 saturated carbocycles. The zero-order valence-corrected chi connectivity index (χ0v) is 18.1. The molecule has 0 radical (unpaired) electrons. The molecule has 0 aliphatic carbocycles. The van der Waals surface area contributed by atoms with E-state index in [2.05, 4.69) is 14.8 Å². The maximum absolute atomic E-state index is 12.2. The van der Waals surface area contributed by atoms with Gasteiger partial charge in [-0.15, -0.1) is 0 Å². The highest BCUT2D eigenvalue weighted by atomic mass is 32.2. The predicted molar refractivity (Wildman–Crippen MR) is 110 cm³/mol. The minimum absolute atomic E-state index is 0.0118. The van der Waals surface area contributed by atoms with Crippen LogP contribution in [0, 0.1) is 0 Å². The van der Waals surface area contributed by atoms with E-state index in [4.69, 9.17) is 0 Å². The molecule has 2 rings (SSSR count). The molecule has 32 heavy (non-hydrogen) atoms. The van der Waals surface area contributed by atoms with Gasteiger partial charge in [0.15, 0.2) is 5.78 Å². The first-order chi connectivity index (χ1) is 15.0. The molecular formula is C21H23F3N2O5S. The van der Waals surface area contributed by atoms with Gasteiger partial charge in [-0.05, 0) is 30.2 Å². The molecule has 0 heterocycles. The van der Waals surface area contributed by atoms with E-state index in [0.29, 0.717) is 11.1 Å². The molecule has 2 aromatic carbocycles. The molecule has 2 N–H and O–H groups in total. The highest BCUT2D eigenvalue weighted by Crippen LogP contribution is 2.16. The second kappa shape index (κ2) is 11.2. The van der Waals surface area contributed by atoms with Crippen LogP contribution in [-0.2, 0) is 32.7 Å². The summed E-state index contributed by atoms with van der Waals surface area (Å²) < 4.78 is 67.6. The van der Waals surface area contributed by atoms with E-state index < -0.39 is 22.8 Å². The number of hydrogen-bond acceptors (Lipinski definition) is 5. The van der Waals surface area contributed by atoms with Crippen molar-refractivity contribution in [2.24, 2.45) is 0 Å². The van der Waals surface area contributed by atoms with Crippen molar-refractivity contribution in [1.29, 1.82) is 0 Å². The number of hydrogen-bond donors (Lipinski definition) is 2. The van der Waals surface area contributed by atoms with Gasteiger partial charge in [0, 0.05) is 25.1 Å². The summed E-state index contributed by atoms with van der Waals surface area (Å²) in [5, 5.41) is 2.64. The third-order valence-electron chi connectivity index (χ3n) is 4.26. The number of alkyl halides is 3. The van der Waals surface area contributed by atoms with Crippen molar-refractivity contribution in [1.82, 2.24) is 10.0 Å². The molecule has 11 heteroatoms. The number of ketones is 1. The SMILES string of the molecule is CC(=O)c1ccc(S(=O)(=O)NCCC(=O)NCc2ccc(COCC(F)(F)F)cc2)cc1. The zero-order chi connectivity index (χ0) is 23.8. The average Bonchev–Trinajstić information content (AvgIpc) is 2.72. The third-order valence-corrected chi connectivity index (χ3v) is 5.74. The second-order valence-electron chi connectivity index (χ2n) is 6.93. The molecule has 0 unspecified atom stereocenters. The summed E-state index contributed by atoms with van der Waals surface area (Å²) in [5.41, 5.74) is 1.68. The molecule has 0 saturated heterocycles. The standard InChI is InChI=1S/C21H23F3N2O5S/c1-15(27)18-6-8-19(9-7-18)32(29,30)26-11-10-20(28)25-12-16-2-4-17(5-3-16)13-31-14-21(22,23)24/h2-9,26H,10-14H2,1H3,(H,25,28). The first-order valence-electron chi connectivity index (χ1n) is 9.56. The van der Waals surface area contributed by atoms with Gasteiger partial charge in [-0.1, -0.05) is 36.4 Å². The number of nitrogens with one attached hydrogen (secondary N) is 2. The maximum Gasteiger partial charge on any atom is 0.411 e. The molecule has 7 nitrogen and oxygen atoms in total. The Morgan fingerprint density at radius 2 is 1.56 bits per heavy atom. The number of sulfonamides is 1. The van der Waals surface area contributed by atoms with Crippen LogP contribution in [0.25, 0.3) is 0 Å². The highest BCUT2D eigenvalue weighted by Gasteiger charge is 2.27. The van der Waals surface area contributed by atoms with Crippen molar-refractivity contribution in [3.05, 3.63) is 65.2 Å². The Kier molecular flexibility index (Phi) is 8.93.